The third-order valence-corrected chi connectivity index (χ3v) is 4.60. The average Bonchev–Trinajstić information content (AvgIpc) is 2.69. The van der Waals surface area contributed by atoms with Crippen LogP contribution in [-0.2, 0) is 0 Å². The molecule has 0 aliphatic carbocycles. The zero-order valence-electron chi connectivity index (χ0n) is 15.3. The van der Waals surface area contributed by atoms with Gasteiger partial charge in [-0.3, -0.25) is 14.4 Å². The van der Waals surface area contributed by atoms with Gasteiger partial charge >= 0.3 is 0 Å². The van der Waals surface area contributed by atoms with Gasteiger partial charge in [-0.15, -0.1) is 0 Å². The predicted molar refractivity (Wildman–Crippen MR) is 114 cm³/mol. The van der Waals surface area contributed by atoms with E-state index in [0.717, 1.165) is 5.69 Å². The van der Waals surface area contributed by atoms with Gasteiger partial charge in [0.1, 0.15) is 11.3 Å². The summed E-state index contributed by atoms with van der Waals surface area (Å²) in [5.74, 6) is -0.0714. The van der Waals surface area contributed by atoms with E-state index in [-0.39, 0.29) is 16.9 Å². The number of nitrogen functional groups attached to an aromatic ring is 1. The zero-order valence-corrected chi connectivity index (χ0v) is 15.3. The van der Waals surface area contributed by atoms with Gasteiger partial charge in [0.2, 0.25) is 0 Å². The Morgan fingerprint density at radius 2 is 1.68 bits per heavy atom. The molecule has 0 bridgehead atoms. The second kappa shape index (κ2) is 7.04. The van der Waals surface area contributed by atoms with E-state index in [0.29, 0.717) is 28.0 Å². The van der Waals surface area contributed by atoms with Crippen molar-refractivity contribution < 1.29 is 5.11 Å². The zero-order chi connectivity index (χ0) is 19.7. The van der Waals surface area contributed by atoms with Crippen molar-refractivity contribution in [2.45, 2.75) is 6.92 Å². The highest BCUT2D eigenvalue weighted by Gasteiger charge is 2.19. The summed E-state index contributed by atoms with van der Waals surface area (Å²) in [7, 11) is 0. The van der Waals surface area contributed by atoms with Crippen molar-refractivity contribution in [3.05, 3.63) is 94.8 Å². The number of aromatic nitrogens is 1. The molecule has 0 amide bonds. The number of hydrogen-bond donors (Lipinski definition) is 2. The van der Waals surface area contributed by atoms with Crippen molar-refractivity contribution in [3.63, 3.8) is 0 Å². The van der Waals surface area contributed by atoms with E-state index in [4.69, 9.17) is 5.73 Å². The van der Waals surface area contributed by atoms with E-state index in [1.807, 2.05) is 48.5 Å². The molecule has 0 aliphatic heterocycles. The molecule has 5 heteroatoms. The molecule has 28 heavy (non-hydrogen) atoms. The van der Waals surface area contributed by atoms with E-state index in [9.17, 15) is 9.90 Å². The second-order valence-electron chi connectivity index (χ2n) is 6.51. The monoisotopic (exact) mass is 369 g/mol. The highest BCUT2D eigenvalue weighted by atomic mass is 16.3. The van der Waals surface area contributed by atoms with Crippen LogP contribution in [-0.4, -0.2) is 15.4 Å². The minimum Gasteiger partial charge on any atom is -0.506 e. The van der Waals surface area contributed by atoms with Gasteiger partial charge in [0.15, 0.2) is 0 Å². The number of nitrogens with zero attached hydrogens (tertiary/aromatic N) is 2. The molecule has 0 saturated heterocycles. The van der Waals surface area contributed by atoms with Crippen LogP contribution in [0.5, 0.6) is 5.75 Å². The van der Waals surface area contributed by atoms with Crippen molar-refractivity contribution in [3.8, 4) is 11.4 Å². The van der Waals surface area contributed by atoms with E-state index in [1.165, 1.54) is 0 Å². The van der Waals surface area contributed by atoms with Crippen LogP contribution >= 0.6 is 0 Å². The van der Waals surface area contributed by atoms with Crippen molar-refractivity contribution >= 4 is 28.0 Å². The predicted octanol–water partition coefficient (Wildman–Crippen LogP) is 4.42. The van der Waals surface area contributed by atoms with E-state index in [1.54, 1.807) is 41.8 Å². The molecular weight excluding hydrogens is 350 g/mol. The van der Waals surface area contributed by atoms with Gasteiger partial charge in [-0.05, 0) is 49.4 Å². The Morgan fingerprint density at radius 1 is 0.964 bits per heavy atom. The summed E-state index contributed by atoms with van der Waals surface area (Å²) in [5.41, 5.74) is 8.65. The standard InChI is InChI=1S/C23H19N3O2/c1-15(25-17-9-7-8-16(24)14-17)21-22(27)19-12-5-6-13-20(19)26(23(21)28)18-10-3-2-4-11-18/h2-14,27H,24H2,1H3. The van der Waals surface area contributed by atoms with Crippen LogP contribution in [0.3, 0.4) is 0 Å². The molecule has 5 nitrogen and oxygen atoms in total. The van der Waals surface area contributed by atoms with Crippen LogP contribution in [0.15, 0.2) is 88.6 Å². The first kappa shape index (κ1) is 17.5. The molecule has 4 rings (SSSR count). The van der Waals surface area contributed by atoms with Crippen LogP contribution in [0.2, 0.25) is 0 Å². The summed E-state index contributed by atoms with van der Waals surface area (Å²) in [6, 6.07) is 23.7. The van der Waals surface area contributed by atoms with Crippen molar-refractivity contribution in [1.82, 2.24) is 4.57 Å². The molecule has 0 radical (unpaired) electrons. The summed E-state index contributed by atoms with van der Waals surface area (Å²) in [4.78, 5) is 17.9. The maximum Gasteiger partial charge on any atom is 0.268 e. The molecule has 4 aromatic rings. The van der Waals surface area contributed by atoms with Crippen molar-refractivity contribution in [2.75, 3.05) is 5.73 Å². The Balaban J connectivity index is 2.03. The third-order valence-electron chi connectivity index (χ3n) is 4.60. The molecule has 0 atom stereocenters. The quantitative estimate of drug-likeness (QED) is 0.414. The lowest BCUT2D eigenvalue weighted by Crippen LogP contribution is -2.25. The fraction of sp³-hybridized carbons (Fsp3) is 0.0435. The van der Waals surface area contributed by atoms with Gasteiger partial charge in [-0.25, -0.2) is 0 Å². The number of rotatable bonds is 3. The number of para-hydroxylation sites is 2. The van der Waals surface area contributed by atoms with Crippen LogP contribution in [0, 0.1) is 0 Å². The Bertz CT molecular complexity index is 1260. The van der Waals surface area contributed by atoms with Gasteiger partial charge in [0.25, 0.3) is 5.56 Å². The molecule has 1 heterocycles. The highest BCUT2D eigenvalue weighted by Crippen LogP contribution is 2.29. The number of benzene rings is 3. The summed E-state index contributed by atoms with van der Waals surface area (Å²) < 4.78 is 1.60. The van der Waals surface area contributed by atoms with Gasteiger partial charge in [0, 0.05) is 16.8 Å². The lowest BCUT2D eigenvalue weighted by molar-refractivity contribution is 0.478. The van der Waals surface area contributed by atoms with Crippen LogP contribution in [0.1, 0.15) is 12.5 Å². The molecule has 0 aliphatic rings. The van der Waals surface area contributed by atoms with Gasteiger partial charge in [0.05, 0.1) is 16.9 Å². The minimum absolute atomic E-state index is 0.0714. The molecule has 1 aromatic heterocycles. The topological polar surface area (TPSA) is 80.6 Å². The average molecular weight is 369 g/mol. The van der Waals surface area contributed by atoms with Crippen LogP contribution < -0.4 is 11.3 Å². The van der Waals surface area contributed by atoms with Crippen molar-refractivity contribution in [1.29, 1.82) is 0 Å². The largest absolute Gasteiger partial charge is 0.506 e. The Morgan fingerprint density at radius 3 is 2.43 bits per heavy atom. The first-order chi connectivity index (χ1) is 13.6. The number of aromatic hydroxyl groups is 1. The Hall–Kier alpha value is -3.86. The van der Waals surface area contributed by atoms with E-state index in [2.05, 4.69) is 4.99 Å². The molecule has 0 saturated carbocycles. The van der Waals surface area contributed by atoms with E-state index >= 15 is 0 Å². The number of aliphatic imine (C=N–C) groups is 1. The van der Waals surface area contributed by atoms with Gasteiger partial charge < -0.3 is 10.8 Å². The first-order valence-electron chi connectivity index (χ1n) is 8.89. The highest BCUT2D eigenvalue weighted by molar-refractivity contribution is 6.06. The fourth-order valence-electron chi connectivity index (χ4n) is 3.33. The van der Waals surface area contributed by atoms with Crippen molar-refractivity contribution in [2.24, 2.45) is 4.99 Å². The van der Waals surface area contributed by atoms with Gasteiger partial charge in [-0.1, -0.05) is 36.4 Å². The summed E-state index contributed by atoms with van der Waals surface area (Å²) >= 11 is 0. The lowest BCUT2D eigenvalue weighted by atomic mass is 10.1. The molecule has 3 aromatic carbocycles. The Labute approximate surface area is 162 Å². The van der Waals surface area contributed by atoms with Crippen LogP contribution in [0.4, 0.5) is 11.4 Å². The lowest BCUT2D eigenvalue weighted by Gasteiger charge is -2.15. The van der Waals surface area contributed by atoms with E-state index < -0.39 is 0 Å². The van der Waals surface area contributed by atoms with Crippen LogP contribution in [0.25, 0.3) is 16.6 Å². The smallest absolute Gasteiger partial charge is 0.268 e. The first-order valence-corrected chi connectivity index (χ1v) is 8.89. The molecule has 0 unspecified atom stereocenters. The molecule has 0 fully saturated rings. The normalized spacial score (nSPS) is 11.7. The maximum atomic E-state index is 13.4. The summed E-state index contributed by atoms with van der Waals surface area (Å²) in [6.07, 6.45) is 0. The second-order valence-corrected chi connectivity index (χ2v) is 6.51. The third kappa shape index (κ3) is 3.03. The van der Waals surface area contributed by atoms with Gasteiger partial charge in [-0.2, -0.15) is 0 Å². The fourth-order valence-corrected chi connectivity index (χ4v) is 3.33. The number of hydrogen-bond acceptors (Lipinski definition) is 4. The summed E-state index contributed by atoms with van der Waals surface area (Å²) in [6.45, 7) is 1.71. The minimum atomic E-state index is -0.326. The number of nitrogens with two attached hydrogens (primary N) is 1. The molecule has 0 spiro atoms. The Kier molecular flexibility index (Phi) is 4.41. The SMILES string of the molecule is CC(=Nc1cccc(N)c1)c1c(O)c2ccccc2n(-c2ccccc2)c1=O. The molecule has 3 N–H and O–H groups in total. The number of fused-ring (bicyclic) bond motifs is 1. The maximum absolute atomic E-state index is 13.4. The number of pyridine rings is 1. The number of anilines is 1. The summed E-state index contributed by atoms with van der Waals surface area (Å²) in [5, 5.41) is 11.5. The molecule has 138 valence electrons. The molecular formula is C23H19N3O2.